The lowest BCUT2D eigenvalue weighted by atomic mass is 10.1. The number of aromatic nitrogens is 1. The molecule has 5 heteroatoms. The fraction of sp³-hybridized carbons (Fsp3) is 0.0625. The molecule has 1 heterocycles. The third kappa shape index (κ3) is 3.10. The molecule has 0 radical (unpaired) electrons. The van der Waals surface area contributed by atoms with E-state index in [4.69, 9.17) is 4.98 Å². The molecule has 3 aromatic rings. The Bertz CT molecular complexity index is 814. The van der Waals surface area contributed by atoms with Crippen LogP contribution in [0.25, 0.3) is 21.8 Å². The van der Waals surface area contributed by atoms with Crippen molar-refractivity contribution < 1.29 is 4.39 Å². The fourth-order valence-corrected chi connectivity index (χ4v) is 3.76. The van der Waals surface area contributed by atoms with Crippen LogP contribution in [-0.4, -0.2) is 4.98 Å². The average molecular weight is 427 g/mol. The number of aryl methyl sites for hydroxylation is 1. The first-order chi connectivity index (χ1) is 10.0. The van der Waals surface area contributed by atoms with Crippen molar-refractivity contribution in [3.63, 3.8) is 0 Å². The summed E-state index contributed by atoms with van der Waals surface area (Å²) in [6.45, 7) is 2.05. The van der Waals surface area contributed by atoms with Gasteiger partial charge in [0.1, 0.15) is 10.8 Å². The van der Waals surface area contributed by atoms with Crippen LogP contribution in [0.15, 0.2) is 51.4 Å². The van der Waals surface area contributed by atoms with Crippen molar-refractivity contribution in [3.05, 3.63) is 62.1 Å². The zero-order valence-electron chi connectivity index (χ0n) is 11.0. The molecule has 0 aliphatic carbocycles. The lowest BCUT2D eigenvalue weighted by molar-refractivity contribution is 0.621. The number of hydrogen-bond acceptors (Lipinski definition) is 2. The fourth-order valence-electron chi connectivity index (χ4n) is 2.05. The first-order valence-electron chi connectivity index (χ1n) is 6.23. The molecule has 0 aliphatic rings. The second kappa shape index (κ2) is 5.99. The highest BCUT2D eigenvalue weighted by molar-refractivity contribution is 9.10. The molecule has 0 fully saturated rings. The van der Waals surface area contributed by atoms with E-state index in [1.165, 1.54) is 6.07 Å². The maximum absolute atomic E-state index is 13.3. The van der Waals surface area contributed by atoms with Crippen molar-refractivity contribution in [2.45, 2.75) is 6.92 Å². The summed E-state index contributed by atoms with van der Waals surface area (Å²) >= 11 is 8.31. The third-order valence-electron chi connectivity index (χ3n) is 3.06. The average Bonchev–Trinajstić information content (AvgIpc) is 2.84. The number of nitrogens with zero attached hydrogens (tertiary/aromatic N) is 1. The minimum absolute atomic E-state index is 0.265. The van der Waals surface area contributed by atoms with Gasteiger partial charge in [-0.2, -0.15) is 0 Å². The van der Waals surface area contributed by atoms with Gasteiger partial charge in [-0.15, -0.1) is 11.3 Å². The van der Waals surface area contributed by atoms with Gasteiger partial charge in [0.2, 0.25) is 0 Å². The monoisotopic (exact) mass is 425 g/mol. The van der Waals surface area contributed by atoms with Crippen LogP contribution >= 0.6 is 43.2 Å². The van der Waals surface area contributed by atoms with E-state index in [0.717, 1.165) is 31.2 Å². The molecule has 1 aromatic heterocycles. The molecule has 106 valence electrons. The summed E-state index contributed by atoms with van der Waals surface area (Å²) in [5.74, 6) is -0.265. The summed E-state index contributed by atoms with van der Waals surface area (Å²) < 4.78 is 14.8. The molecular formula is C16H10Br2FNS. The van der Waals surface area contributed by atoms with Gasteiger partial charge >= 0.3 is 0 Å². The molecule has 21 heavy (non-hydrogen) atoms. The highest BCUT2D eigenvalue weighted by Gasteiger charge is 2.12. The number of thiazole rings is 1. The summed E-state index contributed by atoms with van der Waals surface area (Å²) in [5, 5.41) is 0.892. The second-order valence-corrected chi connectivity index (χ2v) is 7.54. The second-order valence-electron chi connectivity index (χ2n) is 4.56. The maximum atomic E-state index is 13.3. The topological polar surface area (TPSA) is 12.9 Å². The van der Waals surface area contributed by atoms with Crippen molar-refractivity contribution in [1.29, 1.82) is 0 Å². The van der Waals surface area contributed by atoms with Crippen molar-refractivity contribution in [2.75, 3.05) is 0 Å². The van der Waals surface area contributed by atoms with Gasteiger partial charge in [-0.3, -0.25) is 0 Å². The molecular weight excluding hydrogens is 417 g/mol. The van der Waals surface area contributed by atoms with E-state index in [0.29, 0.717) is 4.47 Å². The van der Waals surface area contributed by atoms with E-state index in [-0.39, 0.29) is 5.82 Å². The maximum Gasteiger partial charge on any atom is 0.137 e. The highest BCUT2D eigenvalue weighted by Crippen LogP contribution is 2.35. The Kier molecular flexibility index (Phi) is 4.24. The Balaban J connectivity index is 2.07. The van der Waals surface area contributed by atoms with Gasteiger partial charge in [-0.1, -0.05) is 28.1 Å². The molecule has 0 spiro atoms. The van der Waals surface area contributed by atoms with E-state index >= 15 is 0 Å². The first kappa shape index (κ1) is 14.9. The Morgan fingerprint density at radius 3 is 2.57 bits per heavy atom. The number of halogens is 3. The summed E-state index contributed by atoms with van der Waals surface area (Å²) in [6, 6.07) is 13.0. The van der Waals surface area contributed by atoms with Gasteiger partial charge in [0, 0.05) is 20.5 Å². The van der Waals surface area contributed by atoms with Crippen molar-refractivity contribution in [3.8, 4) is 21.8 Å². The lowest BCUT2D eigenvalue weighted by Gasteiger charge is -2.00. The summed E-state index contributed by atoms with van der Waals surface area (Å²) in [4.78, 5) is 5.86. The molecule has 0 N–H and O–H groups in total. The Labute approximate surface area is 143 Å². The Morgan fingerprint density at radius 1 is 1.05 bits per heavy atom. The van der Waals surface area contributed by atoms with Crippen LogP contribution in [-0.2, 0) is 0 Å². The van der Waals surface area contributed by atoms with Crippen molar-refractivity contribution >= 4 is 43.2 Å². The predicted molar refractivity (Wildman–Crippen MR) is 93.1 cm³/mol. The minimum Gasteiger partial charge on any atom is -0.236 e. The molecule has 0 saturated heterocycles. The SMILES string of the molecule is Cc1sc(-c2ccc(F)c(Br)c2)nc1-c1cccc(Br)c1. The van der Waals surface area contributed by atoms with Gasteiger partial charge in [0.15, 0.2) is 0 Å². The van der Waals surface area contributed by atoms with Crippen LogP contribution < -0.4 is 0 Å². The summed E-state index contributed by atoms with van der Waals surface area (Å²) in [5.41, 5.74) is 2.96. The molecule has 0 saturated carbocycles. The van der Waals surface area contributed by atoms with Gasteiger partial charge in [-0.25, -0.2) is 9.37 Å². The zero-order chi connectivity index (χ0) is 15.0. The van der Waals surface area contributed by atoms with E-state index in [1.807, 2.05) is 24.3 Å². The summed E-state index contributed by atoms with van der Waals surface area (Å²) in [7, 11) is 0. The van der Waals surface area contributed by atoms with E-state index < -0.39 is 0 Å². The molecule has 3 rings (SSSR count). The van der Waals surface area contributed by atoms with Gasteiger partial charge < -0.3 is 0 Å². The molecule has 2 aromatic carbocycles. The van der Waals surface area contributed by atoms with Crippen LogP contribution in [0.2, 0.25) is 0 Å². The standard InChI is InChI=1S/C16H10Br2FNS/c1-9-15(10-3-2-4-12(17)7-10)20-16(21-9)11-5-6-14(19)13(18)8-11/h2-8H,1H3. The Morgan fingerprint density at radius 2 is 1.86 bits per heavy atom. The molecule has 0 aliphatic heterocycles. The molecule has 0 unspecified atom stereocenters. The van der Waals surface area contributed by atoms with Crippen LogP contribution in [0, 0.1) is 12.7 Å². The number of rotatable bonds is 2. The molecule has 0 bridgehead atoms. The van der Waals surface area contributed by atoms with Gasteiger partial charge in [-0.05, 0) is 53.2 Å². The van der Waals surface area contributed by atoms with Gasteiger partial charge in [0.05, 0.1) is 10.2 Å². The lowest BCUT2D eigenvalue weighted by Crippen LogP contribution is -1.83. The normalized spacial score (nSPS) is 10.9. The van der Waals surface area contributed by atoms with Crippen LogP contribution in [0.5, 0.6) is 0 Å². The van der Waals surface area contributed by atoms with Crippen molar-refractivity contribution in [2.24, 2.45) is 0 Å². The van der Waals surface area contributed by atoms with Crippen LogP contribution in [0.4, 0.5) is 4.39 Å². The quantitative estimate of drug-likeness (QED) is 0.458. The number of benzene rings is 2. The molecule has 1 nitrogen and oxygen atoms in total. The molecule has 0 atom stereocenters. The Hall–Kier alpha value is -1.04. The summed E-state index contributed by atoms with van der Waals surface area (Å²) in [6.07, 6.45) is 0. The van der Waals surface area contributed by atoms with Crippen molar-refractivity contribution in [1.82, 2.24) is 4.98 Å². The zero-order valence-corrected chi connectivity index (χ0v) is 15.0. The highest BCUT2D eigenvalue weighted by atomic mass is 79.9. The van der Waals surface area contributed by atoms with Gasteiger partial charge in [0.25, 0.3) is 0 Å². The van der Waals surface area contributed by atoms with E-state index in [1.54, 1.807) is 23.5 Å². The smallest absolute Gasteiger partial charge is 0.137 e. The third-order valence-corrected chi connectivity index (χ3v) is 5.18. The van der Waals surface area contributed by atoms with E-state index in [9.17, 15) is 4.39 Å². The predicted octanol–water partition coefficient (Wildman–Crippen LogP) is 6.45. The minimum atomic E-state index is -0.265. The van der Waals surface area contributed by atoms with E-state index in [2.05, 4.69) is 38.8 Å². The van der Waals surface area contributed by atoms with Crippen LogP contribution in [0.1, 0.15) is 4.88 Å². The molecule has 0 amide bonds. The van der Waals surface area contributed by atoms with Crippen LogP contribution in [0.3, 0.4) is 0 Å². The largest absolute Gasteiger partial charge is 0.236 e. The first-order valence-corrected chi connectivity index (χ1v) is 8.63. The number of hydrogen-bond donors (Lipinski definition) is 0.